The van der Waals surface area contributed by atoms with Crippen LogP contribution in [0.4, 0.5) is 5.13 Å². The Balaban J connectivity index is 1.69. The number of carbonyl (C=O) groups excluding carboxylic acids is 1. The molecule has 0 fully saturated rings. The molecule has 9 heteroatoms. The predicted octanol–water partition coefficient (Wildman–Crippen LogP) is 5.65. The van der Waals surface area contributed by atoms with Crippen molar-refractivity contribution in [2.75, 3.05) is 11.9 Å². The Labute approximate surface area is 176 Å². The topological polar surface area (TPSA) is 84.3 Å². The molecule has 28 heavy (non-hydrogen) atoms. The molecular weight excluding hydrogens is 421 g/mol. The zero-order valence-electron chi connectivity index (χ0n) is 14.9. The van der Waals surface area contributed by atoms with Crippen LogP contribution in [-0.2, 0) is 0 Å². The number of halogens is 2. The van der Waals surface area contributed by atoms with E-state index in [0.717, 1.165) is 29.9 Å². The number of nitrogens with zero attached hydrogens (tertiary/aromatic N) is 2. The van der Waals surface area contributed by atoms with Crippen LogP contribution < -0.4 is 10.1 Å². The molecule has 1 aromatic heterocycles. The van der Waals surface area contributed by atoms with E-state index in [2.05, 4.69) is 22.4 Å². The maximum atomic E-state index is 12.4. The van der Waals surface area contributed by atoms with Gasteiger partial charge in [-0.05, 0) is 42.8 Å². The minimum absolute atomic E-state index is 0.115. The number of rotatable bonds is 7. The molecule has 0 bridgehead atoms. The van der Waals surface area contributed by atoms with Gasteiger partial charge in [0, 0.05) is 10.6 Å². The number of benzene rings is 2. The summed E-state index contributed by atoms with van der Waals surface area (Å²) < 4.78 is 5.58. The van der Waals surface area contributed by atoms with Crippen molar-refractivity contribution in [1.82, 2.24) is 10.2 Å². The van der Waals surface area contributed by atoms with E-state index in [1.807, 2.05) is 0 Å². The second kappa shape index (κ2) is 9.23. The molecule has 0 aliphatic carbocycles. The van der Waals surface area contributed by atoms with Gasteiger partial charge in [0.25, 0.3) is 5.91 Å². The van der Waals surface area contributed by atoms with Gasteiger partial charge in [-0.1, -0.05) is 47.9 Å². The van der Waals surface area contributed by atoms with Crippen LogP contribution >= 0.6 is 34.5 Å². The van der Waals surface area contributed by atoms with Crippen LogP contribution in [0.15, 0.2) is 36.4 Å². The Morgan fingerprint density at radius 1 is 1.21 bits per heavy atom. The lowest BCUT2D eigenvalue weighted by Crippen LogP contribution is -2.11. The van der Waals surface area contributed by atoms with Crippen LogP contribution in [0.3, 0.4) is 0 Å². The molecule has 146 valence electrons. The molecule has 1 amide bonds. The van der Waals surface area contributed by atoms with Crippen molar-refractivity contribution in [2.45, 2.75) is 19.8 Å². The van der Waals surface area contributed by atoms with E-state index < -0.39 is 0 Å². The molecule has 0 atom stereocenters. The van der Waals surface area contributed by atoms with E-state index in [9.17, 15) is 9.90 Å². The zero-order chi connectivity index (χ0) is 20.1. The van der Waals surface area contributed by atoms with Crippen LogP contribution in [-0.4, -0.2) is 27.8 Å². The van der Waals surface area contributed by atoms with Crippen LogP contribution in [0.1, 0.15) is 30.1 Å². The SMILES string of the molecule is CCCCOc1ccc(C(=O)Nc2nnc(-c3cc(Cl)cc(Cl)c3O)s2)cc1. The van der Waals surface area contributed by atoms with Gasteiger partial charge in [-0.25, -0.2) is 0 Å². The van der Waals surface area contributed by atoms with Crippen LogP contribution in [0.2, 0.25) is 10.0 Å². The Morgan fingerprint density at radius 3 is 2.68 bits per heavy atom. The highest BCUT2D eigenvalue weighted by molar-refractivity contribution is 7.18. The number of hydrogen-bond donors (Lipinski definition) is 2. The molecule has 0 spiro atoms. The van der Waals surface area contributed by atoms with Gasteiger partial charge in [0.1, 0.15) is 11.5 Å². The van der Waals surface area contributed by atoms with Crippen LogP contribution in [0.5, 0.6) is 11.5 Å². The maximum absolute atomic E-state index is 12.4. The average Bonchev–Trinajstić information content (AvgIpc) is 3.13. The summed E-state index contributed by atoms with van der Waals surface area (Å²) in [6.07, 6.45) is 2.04. The minimum Gasteiger partial charge on any atom is -0.506 e. The summed E-state index contributed by atoms with van der Waals surface area (Å²) in [6.45, 7) is 2.74. The normalized spacial score (nSPS) is 10.7. The summed E-state index contributed by atoms with van der Waals surface area (Å²) in [5.74, 6) is 0.256. The highest BCUT2D eigenvalue weighted by Crippen LogP contribution is 2.39. The first-order valence-electron chi connectivity index (χ1n) is 8.54. The smallest absolute Gasteiger partial charge is 0.257 e. The molecule has 0 saturated carbocycles. The third-order valence-corrected chi connectivity index (χ3v) is 5.17. The molecule has 0 unspecified atom stereocenters. The molecule has 3 rings (SSSR count). The van der Waals surface area contributed by atoms with Gasteiger partial charge >= 0.3 is 0 Å². The molecule has 0 saturated heterocycles. The monoisotopic (exact) mass is 437 g/mol. The number of ether oxygens (including phenoxy) is 1. The summed E-state index contributed by atoms with van der Waals surface area (Å²) in [4.78, 5) is 12.4. The number of phenols is 1. The first-order chi connectivity index (χ1) is 13.5. The Bertz CT molecular complexity index is 977. The van der Waals surface area contributed by atoms with E-state index in [0.29, 0.717) is 32.9 Å². The highest BCUT2D eigenvalue weighted by Gasteiger charge is 2.16. The quantitative estimate of drug-likeness (QED) is 0.466. The summed E-state index contributed by atoms with van der Waals surface area (Å²) in [7, 11) is 0. The van der Waals surface area contributed by atoms with Gasteiger partial charge in [-0.2, -0.15) is 0 Å². The number of aromatic hydroxyl groups is 1. The van der Waals surface area contributed by atoms with Gasteiger partial charge in [0.05, 0.1) is 17.2 Å². The summed E-state index contributed by atoms with van der Waals surface area (Å²) in [5, 5.41) is 21.9. The third-order valence-electron chi connectivity index (χ3n) is 3.79. The fourth-order valence-electron chi connectivity index (χ4n) is 2.32. The fourth-order valence-corrected chi connectivity index (χ4v) is 3.57. The van der Waals surface area contributed by atoms with Gasteiger partial charge in [-0.15, -0.1) is 10.2 Å². The van der Waals surface area contributed by atoms with Crippen molar-refractivity contribution in [3.05, 3.63) is 52.0 Å². The van der Waals surface area contributed by atoms with Crippen LogP contribution in [0, 0.1) is 0 Å². The summed E-state index contributed by atoms with van der Waals surface area (Å²) >= 11 is 13.0. The van der Waals surface area contributed by atoms with E-state index in [1.54, 1.807) is 24.3 Å². The lowest BCUT2D eigenvalue weighted by molar-refractivity contribution is 0.102. The van der Waals surface area contributed by atoms with E-state index in [-0.39, 0.29) is 16.7 Å². The number of amides is 1. The number of phenolic OH excluding ortho intramolecular Hbond substituents is 1. The minimum atomic E-state index is -0.323. The maximum Gasteiger partial charge on any atom is 0.257 e. The van der Waals surface area contributed by atoms with Crippen molar-refractivity contribution >= 4 is 45.6 Å². The van der Waals surface area contributed by atoms with E-state index in [4.69, 9.17) is 27.9 Å². The molecule has 0 aliphatic rings. The molecular formula is C19H17Cl2N3O3S. The van der Waals surface area contributed by atoms with Crippen LogP contribution in [0.25, 0.3) is 10.6 Å². The summed E-state index contributed by atoms with van der Waals surface area (Å²) in [5.41, 5.74) is 0.817. The second-order valence-electron chi connectivity index (χ2n) is 5.88. The third kappa shape index (κ3) is 4.92. The lowest BCUT2D eigenvalue weighted by atomic mass is 10.2. The Morgan fingerprint density at radius 2 is 1.96 bits per heavy atom. The Hall–Kier alpha value is -2.35. The van der Waals surface area contributed by atoms with Gasteiger partial charge in [0.15, 0.2) is 5.01 Å². The number of carbonyl (C=O) groups is 1. The second-order valence-corrected chi connectivity index (χ2v) is 7.70. The predicted molar refractivity (Wildman–Crippen MR) is 112 cm³/mol. The van der Waals surface area contributed by atoms with E-state index in [1.165, 1.54) is 12.1 Å². The number of nitrogens with one attached hydrogen (secondary N) is 1. The first-order valence-corrected chi connectivity index (χ1v) is 10.1. The average molecular weight is 438 g/mol. The highest BCUT2D eigenvalue weighted by atomic mass is 35.5. The molecule has 2 N–H and O–H groups in total. The zero-order valence-corrected chi connectivity index (χ0v) is 17.2. The van der Waals surface area contributed by atoms with Crippen molar-refractivity contribution in [3.63, 3.8) is 0 Å². The van der Waals surface area contributed by atoms with Crippen molar-refractivity contribution in [1.29, 1.82) is 0 Å². The first kappa shape index (κ1) is 20.4. The standard InChI is InChI=1S/C19H17Cl2N3O3S/c1-2-3-8-27-13-6-4-11(5-7-13)17(26)22-19-24-23-18(28-19)14-9-12(20)10-15(21)16(14)25/h4-7,9-10,25H,2-3,8H2,1H3,(H,22,24,26). The molecule has 3 aromatic rings. The molecule has 2 aromatic carbocycles. The van der Waals surface area contributed by atoms with Crippen molar-refractivity contribution in [3.8, 4) is 22.1 Å². The number of hydrogen-bond acceptors (Lipinski definition) is 6. The molecule has 6 nitrogen and oxygen atoms in total. The fraction of sp³-hybridized carbons (Fsp3) is 0.211. The number of aromatic nitrogens is 2. The van der Waals surface area contributed by atoms with Gasteiger partial charge < -0.3 is 9.84 Å². The van der Waals surface area contributed by atoms with Gasteiger partial charge in [-0.3, -0.25) is 10.1 Å². The lowest BCUT2D eigenvalue weighted by Gasteiger charge is -2.06. The van der Waals surface area contributed by atoms with Crippen molar-refractivity contribution < 1.29 is 14.6 Å². The molecule has 0 aliphatic heterocycles. The largest absolute Gasteiger partial charge is 0.506 e. The molecule has 1 heterocycles. The van der Waals surface area contributed by atoms with E-state index >= 15 is 0 Å². The summed E-state index contributed by atoms with van der Waals surface area (Å²) in [6, 6.07) is 9.83. The molecule has 0 radical (unpaired) electrons. The van der Waals surface area contributed by atoms with Gasteiger partial charge in [0.2, 0.25) is 5.13 Å². The Kier molecular flexibility index (Phi) is 6.72. The van der Waals surface area contributed by atoms with Crippen molar-refractivity contribution in [2.24, 2.45) is 0 Å². The number of unbranched alkanes of at least 4 members (excludes halogenated alkanes) is 1. The number of anilines is 1.